The van der Waals surface area contributed by atoms with Crippen molar-refractivity contribution in [3.8, 4) is 0 Å². The van der Waals surface area contributed by atoms with Gasteiger partial charge in [-0.05, 0) is 6.20 Å². The maximum Gasteiger partial charge on any atom is 0.204 e. The van der Waals surface area contributed by atoms with Crippen molar-refractivity contribution in [3.63, 3.8) is 0 Å². The molecule has 0 unspecified atom stereocenters. The largest absolute Gasteiger partial charge is 0.333 e. The third-order valence-corrected chi connectivity index (χ3v) is 0.737. The molecule has 0 amide bonds. The molecule has 1 aromatic rings. The van der Waals surface area contributed by atoms with Gasteiger partial charge in [0.05, 0.1) is 0 Å². The lowest BCUT2D eigenvalue weighted by atomic mass is 10.9. The Balaban J connectivity index is 0.000000640. The Morgan fingerprint density at radius 2 is 2.56 bits per heavy atom. The molecule has 2 N–H and O–H groups in total. The van der Waals surface area contributed by atoms with E-state index in [-0.39, 0.29) is 17.0 Å². The molecule has 0 aliphatic carbocycles. The Morgan fingerprint density at radius 1 is 1.78 bits per heavy atom. The number of anilines is 1. The fourth-order valence-corrected chi connectivity index (χ4v) is 0.441. The Hall–Kier alpha value is -0.770. The minimum atomic E-state index is 0. The van der Waals surface area contributed by atoms with Crippen LogP contribution < -0.4 is 5.32 Å². The first-order valence-electron chi connectivity index (χ1n) is 2.30. The molecule has 9 heavy (non-hydrogen) atoms. The molecule has 4 heteroatoms. The summed E-state index contributed by atoms with van der Waals surface area (Å²) >= 11 is 0. The predicted molar refractivity (Wildman–Crippen MR) is 42.7 cm³/mol. The van der Waals surface area contributed by atoms with E-state index in [1.807, 2.05) is 0 Å². The van der Waals surface area contributed by atoms with Gasteiger partial charge in [0.15, 0.2) is 0 Å². The summed E-state index contributed by atoms with van der Waals surface area (Å²) < 4.78 is 0. The third-order valence-electron chi connectivity index (χ3n) is 0.737. The van der Waals surface area contributed by atoms with Crippen LogP contribution in [0.25, 0.3) is 0 Å². The first kappa shape index (κ1) is 8.23. The summed E-state index contributed by atoms with van der Waals surface area (Å²) in [5.41, 5.74) is 0. The monoisotopic (exact) mass is 189 g/mol. The van der Waals surface area contributed by atoms with E-state index in [0.29, 0.717) is 0 Å². The van der Waals surface area contributed by atoms with Gasteiger partial charge in [0, 0.05) is 12.4 Å². The zero-order valence-electron chi connectivity index (χ0n) is 4.79. The molecule has 1 rings (SSSR count). The molecule has 0 saturated carbocycles. The number of aromatic nitrogens is 2. The average molecular weight is 190 g/mol. The Kier molecular flexibility index (Phi) is 3.79. The van der Waals surface area contributed by atoms with Crippen LogP contribution in [0.3, 0.4) is 0 Å². The van der Waals surface area contributed by atoms with Gasteiger partial charge in [-0.25, -0.2) is 4.98 Å². The molecule has 50 valence electrons. The molecule has 0 fully saturated rings. The highest BCUT2D eigenvalue weighted by Crippen LogP contribution is 1.91. The normalized spacial score (nSPS) is 7.56. The van der Waals surface area contributed by atoms with Gasteiger partial charge in [-0.1, -0.05) is 6.58 Å². The average Bonchev–Trinajstić information content (AvgIpc) is 2.19. The second-order valence-electron chi connectivity index (χ2n) is 1.29. The molecule has 0 aliphatic rings. The van der Waals surface area contributed by atoms with Crippen molar-refractivity contribution in [2.24, 2.45) is 0 Å². The second-order valence-corrected chi connectivity index (χ2v) is 1.29. The number of hydrogen-bond acceptors (Lipinski definition) is 2. The van der Waals surface area contributed by atoms with Crippen molar-refractivity contribution < 1.29 is 0 Å². The zero-order chi connectivity index (χ0) is 5.82. The number of nitrogens with zero attached hydrogens (tertiary/aromatic N) is 1. The molecule has 0 radical (unpaired) electrons. The van der Waals surface area contributed by atoms with Crippen LogP contribution in [0, 0.1) is 0 Å². The van der Waals surface area contributed by atoms with Crippen molar-refractivity contribution in [3.05, 3.63) is 25.2 Å². The first-order valence-corrected chi connectivity index (χ1v) is 2.30. The first-order chi connectivity index (χ1) is 3.93. The van der Waals surface area contributed by atoms with Gasteiger partial charge in [0.2, 0.25) is 5.95 Å². The van der Waals surface area contributed by atoms with E-state index in [1.165, 1.54) is 0 Å². The number of aromatic amines is 1. The van der Waals surface area contributed by atoms with Crippen LogP contribution in [0.15, 0.2) is 25.2 Å². The highest BCUT2D eigenvalue weighted by molar-refractivity contribution is 8.93. The smallest absolute Gasteiger partial charge is 0.204 e. The summed E-state index contributed by atoms with van der Waals surface area (Å²) in [6, 6.07) is 0. The number of hydrogen-bond donors (Lipinski definition) is 2. The van der Waals surface area contributed by atoms with Gasteiger partial charge in [-0.2, -0.15) is 0 Å². The highest BCUT2D eigenvalue weighted by Gasteiger charge is 1.82. The van der Waals surface area contributed by atoms with Crippen LogP contribution in [0.2, 0.25) is 0 Å². The van der Waals surface area contributed by atoms with Gasteiger partial charge in [-0.15, -0.1) is 17.0 Å². The second kappa shape index (κ2) is 4.14. The van der Waals surface area contributed by atoms with E-state index < -0.39 is 0 Å². The van der Waals surface area contributed by atoms with Crippen LogP contribution in [0.1, 0.15) is 0 Å². The molecule has 0 bridgehead atoms. The molecule has 0 aliphatic heterocycles. The number of rotatable bonds is 2. The minimum absolute atomic E-state index is 0. The molecule has 0 aromatic carbocycles. The number of imidazole rings is 1. The number of H-pyrrole nitrogens is 1. The predicted octanol–water partition coefficient (Wildman–Crippen LogP) is 1.54. The van der Waals surface area contributed by atoms with Crippen molar-refractivity contribution in [2.45, 2.75) is 0 Å². The highest BCUT2D eigenvalue weighted by atomic mass is 79.9. The van der Waals surface area contributed by atoms with E-state index in [9.17, 15) is 0 Å². The zero-order valence-corrected chi connectivity index (χ0v) is 6.51. The van der Waals surface area contributed by atoms with Crippen LogP contribution in [-0.4, -0.2) is 9.97 Å². The summed E-state index contributed by atoms with van der Waals surface area (Å²) in [6.45, 7) is 3.46. The summed E-state index contributed by atoms with van der Waals surface area (Å²) in [5, 5.41) is 2.78. The van der Waals surface area contributed by atoms with E-state index in [0.717, 1.165) is 5.95 Å². The lowest BCUT2D eigenvalue weighted by Gasteiger charge is -1.87. The molecule has 1 aromatic heterocycles. The van der Waals surface area contributed by atoms with Crippen LogP contribution >= 0.6 is 17.0 Å². The van der Waals surface area contributed by atoms with Gasteiger partial charge < -0.3 is 10.3 Å². The Labute approximate surface area is 64.0 Å². The van der Waals surface area contributed by atoms with Crippen LogP contribution in [-0.2, 0) is 0 Å². The molecule has 3 nitrogen and oxygen atoms in total. The molecular weight excluding hydrogens is 182 g/mol. The van der Waals surface area contributed by atoms with Gasteiger partial charge >= 0.3 is 0 Å². The molecular formula is C5H8BrN3. The van der Waals surface area contributed by atoms with Crippen molar-refractivity contribution in [1.82, 2.24) is 9.97 Å². The van der Waals surface area contributed by atoms with Crippen LogP contribution in [0.5, 0.6) is 0 Å². The van der Waals surface area contributed by atoms with Crippen molar-refractivity contribution in [1.29, 1.82) is 0 Å². The molecule has 0 spiro atoms. The minimum Gasteiger partial charge on any atom is -0.333 e. The maximum atomic E-state index is 3.87. The topological polar surface area (TPSA) is 40.7 Å². The standard InChI is InChI=1S/C5H7N3.BrH/c1-2-6-5-7-3-4-8-5;/h2-4H,1H2,(H2,6,7,8);1H. The summed E-state index contributed by atoms with van der Waals surface area (Å²) in [5.74, 6) is 0.722. The fraction of sp³-hybridized carbons (Fsp3) is 0. The molecule has 0 saturated heterocycles. The lowest BCUT2D eigenvalue weighted by Crippen LogP contribution is -1.86. The van der Waals surface area contributed by atoms with E-state index in [2.05, 4.69) is 21.9 Å². The summed E-state index contributed by atoms with van der Waals surface area (Å²) in [4.78, 5) is 6.71. The fourth-order valence-electron chi connectivity index (χ4n) is 0.441. The summed E-state index contributed by atoms with van der Waals surface area (Å²) in [6.07, 6.45) is 4.98. The molecule has 1 heterocycles. The van der Waals surface area contributed by atoms with Crippen molar-refractivity contribution >= 4 is 22.9 Å². The number of nitrogens with one attached hydrogen (secondary N) is 2. The van der Waals surface area contributed by atoms with Gasteiger partial charge in [-0.3, -0.25) is 0 Å². The summed E-state index contributed by atoms with van der Waals surface area (Å²) in [7, 11) is 0. The SMILES string of the molecule is Br.C=CNc1ncc[nH]1. The maximum absolute atomic E-state index is 3.87. The van der Waals surface area contributed by atoms with E-state index >= 15 is 0 Å². The van der Waals surface area contributed by atoms with Gasteiger partial charge in [0.1, 0.15) is 0 Å². The van der Waals surface area contributed by atoms with Crippen LogP contribution in [0.4, 0.5) is 5.95 Å². The van der Waals surface area contributed by atoms with Gasteiger partial charge in [0.25, 0.3) is 0 Å². The number of halogens is 1. The lowest BCUT2D eigenvalue weighted by molar-refractivity contribution is 1.29. The Bertz CT molecular complexity index is 159. The third kappa shape index (κ3) is 2.32. The molecule has 0 atom stereocenters. The Morgan fingerprint density at radius 3 is 3.00 bits per heavy atom. The van der Waals surface area contributed by atoms with E-state index in [1.54, 1.807) is 18.6 Å². The van der Waals surface area contributed by atoms with Crippen molar-refractivity contribution in [2.75, 3.05) is 5.32 Å². The van der Waals surface area contributed by atoms with E-state index in [4.69, 9.17) is 0 Å². The quantitative estimate of drug-likeness (QED) is 0.742.